The van der Waals surface area contributed by atoms with Crippen LogP contribution in [-0.2, 0) is 4.79 Å². The topological polar surface area (TPSA) is 85.2 Å². The molecule has 3 aromatic carbocycles. The van der Waals surface area contributed by atoms with Crippen molar-refractivity contribution in [1.82, 2.24) is 20.2 Å². The van der Waals surface area contributed by atoms with Crippen molar-refractivity contribution in [3.05, 3.63) is 102 Å². The Morgan fingerprint density at radius 1 is 1.00 bits per heavy atom. The number of nitrogens with zero attached hydrogens (tertiary/aromatic N) is 5. The van der Waals surface area contributed by atoms with E-state index in [9.17, 15) is 4.79 Å². The number of carbonyl (C=O) groups excluding carboxylic acids is 1. The minimum absolute atomic E-state index is 0.0415. The molecule has 4 aromatic rings. The number of fused-ring (bicyclic) bond motifs is 1. The third kappa shape index (κ3) is 4.18. The summed E-state index contributed by atoms with van der Waals surface area (Å²) in [6.45, 7) is 0.0415. The number of tetrazole rings is 1. The fourth-order valence-electron chi connectivity index (χ4n) is 3.91. The van der Waals surface area contributed by atoms with Crippen LogP contribution in [0.15, 0.2) is 91.0 Å². The summed E-state index contributed by atoms with van der Waals surface area (Å²) in [5.41, 5.74) is 3.55. The van der Waals surface area contributed by atoms with Crippen molar-refractivity contribution in [1.29, 1.82) is 0 Å². The first-order valence-electron chi connectivity index (χ1n) is 10.5. The normalized spacial score (nSPS) is 14.9. The van der Waals surface area contributed by atoms with Gasteiger partial charge in [0.15, 0.2) is 0 Å². The van der Waals surface area contributed by atoms with E-state index in [1.165, 1.54) is 0 Å². The van der Waals surface area contributed by atoms with E-state index in [1.54, 1.807) is 17.9 Å². The molecule has 0 unspecified atom stereocenters. The highest BCUT2D eigenvalue weighted by Crippen LogP contribution is 2.36. The molecular formula is C25H22N6O2. The molecule has 0 bridgehead atoms. The van der Waals surface area contributed by atoms with Gasteiger partial charge in [-0.3, -0.25) is 9.69 Å². The largest absolute Gasteiger partial charge is 0.497 e. The standard InChI is InChI=1S/C25H22N6O2/c1-33-21-14-8-13-20(15-21)26-24(32)17-30-22(18-9-4-2-5-10-18)16-23(19-11-6-3-7-12-19)31-25(30)27-28-29-31/h2-16,23H,17H2,1H3,(H,26,32)/t23-/m0/s1. The van der Waals surface area contributed by atoms with E-state index >= 15 is 0 Å². The molecule has 1 aliphatic heterocycles. The van der Waals surface area contributed by atoms with E-state index in [0.717, 1.165) is 16.8 Å². The van der Waals surface area contributed by atoms with Gasteiger partial charge in [0.2, 0.25) is 5.91 Å². The number of ether oxygens (including phenoxy) is 1. The van der Waals surface area contributed by atoms with Crippen molar-refractivity contribution in [3.8, 4) is 5.75 Å². The highest BCUT2D eigenvalue weighted by atomic mass is 16.5. The summed E-state index contributed by atoms with van der Waals surface area (Å²) < 4.78 is 6.99. The van der Waals surface area contributed by atoms with E-state index in [-0.39, 0.29) is 18.5 Å². The number of aromatic nitrogens is 4. The van der Waals surface area contributed by atoms with Crippen LogP contribution in [0.2, 0.25) is 0 Å². The lowest BCUT2D eigenvalue weighted by molar-refractivity contribution is -0.114. The molecule has 1 atom stereocenters. The Kier molecular flexibility index (Phi) is 5.55. The van der Waals surface area contributed by atoms with E-state index in [1.807, 2.05) is 83.8 Å². The number of nitrogens with one attached hydrogen (secondary N) is 1. The third-order valence-electron chi connectivity index (χ3n) is 5.45. The lowest BCUT2D eigenvalue weighted by Gasteiger charge is -2.32. The number of carbonyl (C=O) groups is 1. The van der Waals surface area contributed by atoms with Crippen molar-refractivity contribution in [2.45, 2.75) is 6.04 Å². The van der Waals surface area contributed by atoms with Crippen LogP contribution < -0.4 is 15.0 Å². The van der Waals surface area contributed by atoms with Crippen molar-refractivity contribution in [2.75, 3.05) is 23.9 Å². The molecule has 33 heavy (non-hydrogen) atoms. The molecule has 2 heterocycles. The molecular weight excluding hydrogens is 416 g/mol. The number of hydrogen-bond donors (Lipinski definition) is 1. The molecule has 0 aliphatic carbocycles. The molecule has 0 saturated heterocycles. The van der Waals surface area contributed by atoms with Crippen LogP contribution in [0.1, 0.15) is 17.2 Å². The first-order chi connectivity index (χ1) is 16.2. The number of allylic oxidation sites excluding steroid dienone is 1. The number of methoxy groups -OCH3 is 1. The van der Waals surface area contributed by atoms with E-state index < -0.39 is 0 Å². The van der Waals surface area contributed by atoms with E-state index in [2.05, 4.69) is 26.9 Å². The van der Waals surface area contributed by atoms with Crippen molar-refractivity contribution < 1.29 is 9.53 Å². The van der Waals surface area contributed by atoms with Gasteiger partial charge in [-0.15, -0.1) is 0 Å². The number of hydrogen-bond acceptors (Lipinski definition) is 6. The maximum atomic E-state index is 13.0. The fraction of sp³-hybridized carbons (Fsp3) is 0.120. The predicted octanol–water partition coefficient (Wildman–Crippen LogP) is 3.77. The second-order valence-corrected chi connectivity index (χ2v) is 7.56. The minimum Gasteiger partial charge on any atom is -0.497 e. The zero-order valence-electron chi connectivity index (χ0n) is 18.0. The van der Waals surface area contributed by atoms with Crippen molar-refractivity contribution in [3.63, 3.8) is 0 Å². The van der Waals surface area contributed by atoms with Gasteiger partial charge in [0.1, 0.15) is 18.3 Å². The molecule has 0 saturated carbocycles. The highest BCUT2D eigenvalue weighted by molar-refractivity contribution is 5.97. The first kappa shape index (κ1) is 20.4. The molecule has 0 spiro atoms. The maximum Gasteiger partial charge on any atom is 0.251 e. The maximum absolute atomic E-state index is 13.0. The molecule has 1 amide bonds. The van der Waals surface area contributed by atoms with Gasteiger partial charge in [0, 0.05) is 11.8 Å². The van der Waals surface area contributed by atoms with E-state index in [4.69, 9.17) is 4.74 Å². The van der Waals surface area contributed by atoms with Gasteiger partial charge in [-0.25, -0.2) is 0 Å². The molecule has 5 rings (SSSR count). The van der Waals surface area contributed by atoms with Crippen LogP contribution in [0.5, 0.6) is 5.75 Å². The molecule has 1 aromatic heterocycles. The average molecular weight is 438 g/mol. The molecule has 164 valence electrons. The van der Waals surface area contributed by atoms with Gasteiger partial charge in [-0.2, -0.15) is 4.68 Å². The third-order valence-corrected chi connectivity index (χ3v) is 5.45. The summed E-state index contributed by atoms with van der Waals surface area (Å²) in [7, 11) is 1.59. The molecule has 0 fully saturated rings. The zero-order valence-corrected chi connectivity index (χ0v) is 18.0. The molecule has 0 radical (unpaired) electrons. The van der Waals surface area contributed by atoms with Gasteiger partial charge in [-0.1, -0.05) is 71.8 Å². The Bertz CT molecular complexity index is 1290. The SMILES string of the molecule is COc1cccc(NC(=O)CN2C(c3ccccc3)=C[C@@H](c3ccccc3)n3nnnc32)c1. The summed E-state index contributed by atoms with van der Waals surface area (Å²) >= 11 is 0. The zero-order chi connectivity index (χ0) is 22.6. The van der Waals surface area contributed by atoms with Crippen molar-refractivity contribution in [2.24, 2.45) is 0 Å². The average Bonchev–Trinajstić information content (AvgIpc) is 3.35. The lowest BCUT2D eigenvalue weighted by atomic mass is 10.0. The summed E-state index contributed by atoms with van der Waals surface area (Å²) in [6.07, 6.45) is 2.09. The molecule has 1 aliphatic rings. The van der Waals surface area contributed by atoms with Crippen LogP contribution in [0.4, 0.5) is 11.6 Å². The van der Waals surface area contributed by atoms with Crippen LogP contribution >= 0.6 is 0 Å². The van der Waals surface area contributed by atoms with Crippen LogP contribution in [0.25, 0.3) is 5.70 Å². The number of anilines is 2. The Balaban J connectivity index is 1.50. The smallest absolute Gasteiger partial charge is 0.251 e. The Morgan fingerprint density at radius 3 is 2.52 bits per heavy atom. The van der Waals surface area contributed by atoms with Gasteiger partial charge < -0.3 is 10.1 Å². The van der Waals surface area contributed by atoms with Gasteiger partial charge in [0.25, 0.3) is 5.95 Å². The van der Waals surface area contributed by atoms with Gasteiger partial charge in [0.05, 0.1) is 12.8 Å². The fourth-order valence-corrected chi connectivity index (χ4v) is 3.91. The number of rotatable bonds is 6. The Labute approximate surface area is 191 Å². The quantitative estimate of drug-likeness (QED) is 0.493. The Morgan fingerprint density at radius 2 is 1.76 bits per heavy atom. The van der Waals surface area contributed by atoms with E-state index in [0.29, 0.717) is 17.4 Å². The minimum atomic E-state index is -0.196. The summed E-state index contributed by atoms with van der Waals surface area (Å²) in [5, 5.41) is 15.3. The van der Waals surface area contributed by atoms with Gasteiger partial charge >= 0.3 is 0 Å². The first-order valence-corrected chi connectivity index (χ1v) is 10.5. The van der Waals surface area contributed by atoms with Crippen LogP contribution in [0.3, 0.4) is 0 Å². The summed E-state index contributed by atoms with van der Waals surface area (Å²) in [6, 6.07) is 27.0. The predicted molar refractivity (Wildman–Crippen MR) is 126 cm³/mol. The molecule has 8 nitrogen and oxygen atoms in total. The second kappa shape index (κ2) is 8.96. The van der Waals surface area contributed by atoms with Crippen molar-refractivity contribution >= 4 is 23.2 Å². The van der Waals surface area contributed by atoms with Gasteiger partial charge in [-0.05, 0) is 39.8 Å². The summed E-state index contributed by atoms with van der Waals surface area (Å²) in [5.74, 6) is 0.981. The Hall–Kier alpha value is -4.46. The molecule has 8 heteroatoms. The lowest BCUT2D eigenvalue weighted by Crippen LogP contribution is -2.37. The monoisotopic (exact) mass is 438 g/mol. The highest BCUT2D eigenvalue weighted by Gasteiger charge is 2.31. The second-order valence-electron chi connectivity index (χ2n) is 7.56. The van der Waals surface area contributed by atoms with Crippen LogP contribution in [0, 0.1) is 0 Å². The molecule has 1 N–H and O–H groups in total. The number of benzene rings is 3. The van der Waals surface area contributed by atoms with Crippen LogP contribution in [-0.4, -0.2) is 39.8 Å². The summed E-state index contributed by atoms with van der Waals surface area (Å²) in [4.78, 5) is 14.9. The number of amides is 1.